The maximum absolute atomic E-state index is 14.5. The van der Waals surface area contributed by atoms with Crippen molar-refractivity contribution in [3.63, 3.8) is 0 Å². The quantitative estimate of drug-likeness (QED) is 0.154. The van der Waals surface area contributed by atoms with Gasteiger partial charge in [-0.3, -0.25) is 9.59 Å². The van der Waals surface area contributed by atoms with Crippen LogP contribution in [0.5, 0.6) is 5.88 Å². The number of anilines is 2. The second-order valence-corrected chi connectivity index (χ2v) is 12.1. The van der Waals surface area contributed by atoms with E-state index >= 15 is 0 Å². The highest BCUT2D eigenvalue weighted by atomic mass is 35.5. The number of aryl methyl sites for hydroxylation is 2. The number of nitrogens with zero attached hydrogens (tertiary/aromatic N) is 6. The number of nitrogen functional groups attached to an aromatic ring is 2. The van der Waals surface area contributed by atoms with Gasteiger partial charge in [0.05, 0.1) is 45.1 Å². The highest BCUT2D eigenvalue weighted by Crippen LogP contribution is 2.30. The van der Waals surface area contributed by atoms with Crippen LogP contribution in [0.25, 0.3) is 22.2 Å². The summed E-state index contributed by atoms with van der Waals surface area (Å²) >= 11 is 6.04. The van der Waals surface area contributed by atoms with E-state index in [1.807, 2.05) is 42.7 Å². The van der Waals surface area contributed by atoms with E-state index in [0.29, 0.717) is 64.0 Å². The molecular formula is C34H45ClN9O6+. The number of nitrogens with one attached hydrogen (secondary N) is 1. The lowest BCUT2D eigenvalue weighted by Gasteiger charge is -2.23. The summed E-state index contributed by atoms with van der Waals surface area (Å²) in [5.74, 6) is 0.357. The van der Waals surface area contributed by atoms with Crippen LogP contribution in [-0.2, 0) is 33.8 Å². The Morgan fingerprint density at radius 3 is 2.40 bits per heavy atom. The number of fused-ring (bicyclic) bond motifs is 1. The summed E-state index contributed by atoms with van der Waals surface area (Å²) in [6.07, 6.45) is 3.45. The van der Waals surface area contributed by atoms with Crippen molar-refractivity contribution in [2.24, 2.45) is 0 Å². The van der Waals surface area contributed by atoms with Gasteiger partial charge in [0.25, 0.3) is 17.6 Å². The highest BCUT2D eigenvalue weighted by molar-refractivity contribution is 6.31. The summed E-state index contributed by atoms with van der Waals surface area (Å²) in [6, 6.07) is 7.74. The van der Waals surface area contributed by atoms with Crippen LogP contribution in [0.15, 0.2) is 30.5 Å². The fourth-order valence-corrected chi connectivity index (χ4v) is 6.19. The van der Waals surface area contributed by atoms with Crippen molar-refractivity contribution in [3.05, 3.63) is 52.7 Å². The molecular weight excluding hydrogens is 666 g/mol. The van der Waals surface area contributed by atoms with Crippen molar-refractivity contribution in [3.8, 4) is 17.0 Å². The Morgan fingerprint density at radius 1 is 1.06 bits per heavy atom. The van der Waals surface area contributed by atoms with Crippen molar-refractivity contribution in [2.45, 2.75) is 52.4 Å². The summed E-state index contributed by atoms with van der Waals surface area (Å²) in [5.41, 5.74) is 15.2. The van der Waals surface area contributed by atoms with Crippen molar-refractivity contribution < 1.29 is 33.1 Å². The van der Waals surface area contributed by atoms with Gasteiger partial charge in [-0.2, -0.15) is 0 Å². The molecule has 1 aliphatic rings. The maximum Gasteiger partial charge on any atom is 0.277 e. The van der Waals surface area contributed by atoms with Crippen LogP contribution in [0.4, 0.5) is 11.6 Å². The first-order chi connectivity index (χ1) is 24.2. The summed E-state index contributed by atoms with van der Waals surface area (Å²) in [7, 11) is 3.20. The van der Waals surface area contributed by atoms with Crippen LogP contribution in [0.2, 0.25) is 5.15 Å². The molecule has 268 valence electrons. The van der Waals surface area contributed by atoms with Crippen molar-refractivity contribution in [1.29, 1.82) is 0 Å². The molecule has 0 atom stereocenters. The number of carbonyl (C=O) groups excluding carboxylic acids is 2. The Balaban J connectivity index is 1.59. The van der Waals surface area contributed by atoms with E-state index < -0.39 is 5.91 Å². The summed E-state index contributed by atoms with van der Waals surface area (Å²) in [5, 5.41) is 2.79. The molecule has 1 aromatic carbocycles. The lowest BCUT2D eigenvalue weighted by molar-refractivity contribution is -0.676. The van der Waals surface area contributed by atoms with Gasteiger partial charge >= 0.3 is 0 Å². The molecule has 0 radical (unpaired) electrons. The third-order valence-electron chi connectivity index (χ3n) is 8.61. The fraction of sp³-hybridized carbons (Fsp3) is 0.471. The van der Waals surface area contributed by atoms with E-state index in [-0.39, 0.29) is 41.0 Å². The molecule has 1 saturated heterocycles. The van der Waals surface area contributed by atoms with Gasteiger partial charge in [-0.05, 0) is 37.6 Å². The van der Waals surface area contributed by atoms with Gasteiger partial charge in [0, 0.05) is 58.0 Å². The lowest BCUT2D eigenvalue weighted by atomic mass is 10.0. The number of nitrogens with two attached hydrogens (primary N) is 2. The molecule has 0 spiro atoms. The predicted molar refractivity (Wildman–Crippen MR) is 188 cm³/mol. The van der Waals surface area contributed by atoms with E-state index in [4.69, 9.17) is 42.0 Å². The zero-order chi connectivity index (χ0) is 35.8. The molecule has 0 bridgehead atoms. The number of pyridine rings is 1. The Morgan fingerprint density at radius 2 is 1.78 bits per heavy atom. The number of hydrogen-bond donors (Lipinski definition) is 3. The zero-order valence-corrected chi connectivity index (χ0v) is 29.7. The molecule has 50 heavy (non-hydrogen) atoms. The number of rotatable bonds is 15. The smallest absolute Gasteiger partial charge is 0.277 e. The molecule has 15 nitrogen and oxygen atoms in total. The number of hydrogen-bond acceptors (Lipinski definition) is 11. The van der Waals surface area contributed by atoms with Crippen LogP contribution in [-0.4, -0.2) is 96.1 Å². The molecule has 0 aliphatic carbocycles. The molecule has 0 saturated carbocycles. The number of imidazole rings is 1. The van der Waals surface area contributed by atoms with Gasteiger partial charge in [0.15, 0.2) is 33.5 Å². The molecule has 1 fully saturated rings. The maximum atomic E-state index is 14.5. The number of ether oxygens (including phenoxy) is 4. The first kappa shape index (κ1) is 36.7. The van der Waals surface area contributed by atoms with E-state index in [1.165, 1.54) is 0 Å². The van der Waals surface area contributed by atoms with Crippen LogP contribution in [0, 0.1) is 0 Å². The number of amides is 2. The van der Waals surface area contributed by atoms with Crippen LogP contribution in [0.3, 0.4) is 0 Å². The largest absolute Gasteiger partial charge is 0.474 e. The molecule has 4 heterocycles. The SMILES string of the molecule is CCn1c(CNC(=O)c2nc(Cl)c(N)nc2N)[n+](CC)c2cc(-c3ccc(OC4CCOCC4)nc3)cc(C(=O)N(CCOC)CCOC)c21. The van der Waals surface area contributed by atoms with E-state index in [0.717, 1.165) is 40.8 Å². The average molecular weight is 711 g/mol. The summed E-state index contributed by atoms with van der Waals surface area (Å²) < 4.78 is 26.3. The first-order valence-corrected chi connectivity index (χ1v) is 17.0. The number of benzene rings is 1. The van der Waals surface area contributed by atoms with Gasteiger partial charge in [0.2, 0.25) is 5.88 Å². The van der Waals surface area contributed by atoms with E-state index in [1.54, 1.807) is 25.3 Å². The number of halogens is 1. The Hall–Kier alpha value is -4.57. The predicted octanol–water partition coefficient (Wildman–Crippen LogP) is 2.86. The van der Waals surface area contributed by atoms with Crippen LogP contribution in [0.1, 0.15) is 53.4 Å². The minimum atomic E-state index is -0.566. The molecule has 16 heteroatoms. The van der Waals surface area contributed by atoms with Crippen LogP contribution < -0.4 is 26.1 Å². The van der Waals surface area contributed by atoms with Gasteiger partial charge < -0.3 is 40.6 Å². The van der Waals surface area contributed by atoms with E-state index in [2.05, 4.69) is 24.8 Å². The Labute approximate surface area is 295 Å². The molecule has 1 aliphatic heterocycles. The second kappa shape index (κ2) is 16.9. The Bertz CT molecular complexity index is 1800. The summed E-state index contributed by atoms with van der Waals surface area (Å²) in [6.45, 7) is 7.97. The van der Waals surface area contributed by atoms with Gasteiger partial charge in [0.1, 0.15) is 12.6 Å². The van der Waals surface area contributed by atoms with E-state index in [9.17, 15) is 9.59 Å². The molecule has 3 aromatic heterocycles. The third-order valence-corrected chi connectivity index (χ3v) is 8.88. The van der Waals surface area contributed by atoms with Crippen molar-refractivity contribution in [1.82, 2.24) is 29.7 Å². The number of carbonyl (C=O) groups is 2. The standard InChI is InChI=1S/C34H44ClN9O6/c1-5-43-25-18-22(21-7-8-26(38-19-21)50-23-9-13-49-14-10-23)17-24(34(46)42(11-15-47-3)12-16-48-4)29(25)44(6-2)27(43)20-39-33(45)28-31(36)41-32(37)30(35)40-28/h7-8,17-19,23H,5-6,9-16,20H2,1-4H3,(H4-,36,37,39,41,45)/p+1. The van der Waals surface area contributed by atoms with Crippen LogP contribution >= 0.6 is 11.6 Å². The lowest BCUT2D eigenvalue weighted by Crippen LogP contribution is -2.40. The molecule has 5 N–H and O–H groups in total. The minimum Gasteiger partial charge on any atom is -0.474 e. The second-order valence-electron chi connectivity index (χ2n) is 11.7. The fourth-order valence-electron chi connectivity index (χ4n) is 6.06. The van der Waals surface area contributed by atoms with Crippen molar-refractivity contribution >= 4 is 46.1 Å². The van der Waals surface area contributed by atoms with Gasteiger partial charge in [-0.25, -0.2) is 24.1 Å². The minimum absolute atomic E-state index is 0.0598. The number of aromatic nitrogens is 5. The average Bonchev–Trinajstić information content (AvgIpc) is 3.44. The zero-order valence-electron chi connectivity index (χ0n) is 28.9. The Kier molecular flexibility index (Phi) is 12.4. The first-order valence-electron chi connectivity index (χ1n) is 16.6. The van der Waals surface area contributed by atoms with Crippen molar-refractivity contribution in [2.75, 3.05) is 65.2 Å². The molecule has 2 amide bonds. The monoisotopic (exact) mass is 710 g/mol. The number of methoxy groups -OCH3 is 2. The molecule has 0 unspecified atom stereocenters. The topological polar surface area (TPSA) is 186 Å². The normalized spacial score (nSPS) is 13.5. The molecule has 5 rings (SSSR count). The summed E-state index contributed by atoms with van der Waals surface area (Å²) in [4.78, 5) is 42.0. The molecule has 4 aromatic rings. The highest BCUT2D eigenvalue weighted by Gasteiger charge is 2.31. The van der Waals surface area contributed by atoms with Gasteiger partial charge in [-0.15, -0.1) is 0 Å². The van der Waals surface area contributed by atoms with Gasteiger partial charge in [-0.1, -0.05) is 11.6 Å². The third kappa shape index (κ3) is 8.07.